The van der Waals surface area contributed by atoms with E-state index in [9.17, 15) is 14.9 Å². The van der Waals surface area contributed by atoms with E-state index in [2.05, 4.69) is 26.2 Å². The molecule has 0 bridgehead atoms. The second kappa shape index (κ2) is 5.97. The summed E-state index contributed by atoms with van der Waals surface area (Å²) in [7, 11) is 0. The number of hydrogen-bond donors (Lipinski definition) is 2. The summed E-state index contributed by atoms with van der Waals surface area (Å²) in [6.07, 6.45) is 0.0670. The van der Waals surface area contributed by atoms with Crippen molar-refractivity contribution in [3.8, 4) is 0 Å². The number of aromatic nitrogens is 1. The monoisotopic (exact) mass is 356 g/mol. The van der Waals surface area contributed by atoms with Crippen molar-refractivity contribution in [2.45, 2.75) is 6.42 Å². The zero-order valence-electron chi connectivity index (χ0n) is 10.00. The number of thiazole rings is 1. The Bertz CT molecular complexity index is 673. The number of anilines is 2. The van der Waals surface area contributed by atoms with Crippen LogP contribution < -0.4 is 11.1 Å². The minimum Gasteiger partial charge on any atom is -0.375 e. The van der Waals surface area contributed by atoms with Crippen LogP contribution in [0.3, 0.4) is 0 Å². The van der Waals surface area contributed by atoms with Crippen LogP contribution in [0.4, 0.5) is 16.5 Å². The molecule has 2 aromatic rings. The van der Waals surface area contributed by atoms with Crippen LogP contribution in [0.1, 0.15) is 5.69 Å². The van der Waals surface area contributed by atoms with Crippen molar-refractivity contribution in [2.75, 3.05) is 11.1 Å². The van der Waals surface area contributed by atoms with Gasteiger partial charge in [0, 0.05) is 17.1 Å². The third-order valence-corrected chi connectivity index (χ3v) is 3.73. The lowest BCUT2D eigenvalue weighted by molar-refractivity contribution is -0.385. The summed E-state index contributed by atoms with van der Waals surface area (Å²) in [5, 5.41) is 15.5. The zero-order chi connectivity index (χ0) is 14.7. The number of nitro benzene ring substituents is 1. The highest BCUT2D eigenvalue weighted by Crippen LogP contribution is 2.27. The Morgan fingerprint density at radius 3 is 2.90 bits per heavy atom. The van der Waals surface area contributed by atoms with Crippen LogP contribution in [0.5, 0.6) is 0 Å². The van der Waals surface area contributed by atoms with E-state index in [0.29, 0.717) is 21.0 Å². The summed E-state index contributed by atoms with van der Waals surface area (Å²) < 4.78 is 0.354. The van der Waals surface area contributed by atoms with Crippen LogP contribution >= 0.6 is 27.3 Å². The average molecular weight is 357 g/mol. The van der Waals surface area contributed by atoms with E-state index in [4.69, 9.17) is 5.73 Å². The average Bonchev–Trinajstić information content (AvgIpc) is 2.76. The van der Waals surface area contributed by atoms with Gasteiger partial charge in [0.05, 0.1) is 21.5 Å². The van der Waals surface area contributed by atoms with Gasteiger partial charge in [-0.15, -0.1) is 11.3 Å². The largest absolute Gasteiger partial charge is 0.375 e. The summed E-state index contributed by atoms with van der Waals surface area (Å²) in [5.41, 5.74) is 6.28. The second-order valence-electron chi connectivity index (χ2n) is 3.83. The number of nitrogens with two attached hydrogens (primary N) is 1. The molecule has 0 radical (unpaired) electrons. The van der Waals surface area contributed by atoms with Gasteiger partial charge in [-0.05, 0) is 28.1 Å². The van der Waals surface area contributed by atoms with Gasteiger partial charge in [-0.2, -0.15) is 0 Å². The number of carbonyl (C=O) groups excluding carboxylic acids is 1. The number of nitrogens with zero attached hydrogens (tertiary/aromatic N) is 2. The molecule has 1 aromatic carbocycles. The molecular weight excluding hydrogens is 348 g/mol. The fourth-order valence-corrected chi connectivity index (χ4v) is 2.46. The first kappa shape index (κ1) is 14.4. The number of benzene rings is 1. The number of nitrogens with one attached hydrogen (secondary N) is 1. The Hall–Kier alpha value is -2.00. The van der Waals surface area contributed by atoms with E-state index in [1.807, 2.05) is 0 Å². The summed E-state index contributed by atoms with van der Waals surface area (Å²) in [5.74, 6) is -0.313. The van der Waals surface area contributed by atoms with Crippen molar-refractivity contribution in [2.24, 2.45) is 0 Å². The first-order valence-electron chi connectivity index (χ1n) is 5.39. The molecule has 9 heteroatoms. The molecule has 0 aliphatic carbocycles. The molecule has 2 rings (SSSR count). The van der Waals surface area contributed by atoms with Gasteiger partial charge in [-0.1, -0.05) is 0 Å². The minimum atomic E-state index is -0.527. The summed E-state index contributed by atoms with van der Waals surface area (Å²) in [6.45, 7) is 0. The molecule has 0 aliphatic rings. The highest BCUT2D eigenvalue weighted by atomic mass is 79.9. The second-order valence-corrected chi connectivity index (χ2v) is 5.57. The third kappa shape index (κ3) is 3.52. The molecule has 0 fully saturated rings. The SMILES string of the molecule is Nc1nc(CC(=O)Nc2ccc(Br)c([N+](=O)[O-])c2)cs1. The minimum absolute atomic E-state index is 0.0670. The predicted molar refractivity (Wildman–Crippen MR) is 79.7 cm³/mol. The van der Waals surface area contributed by atoms with Gasteiger partial charge in [0.2, 0.25) is 5.91 Å². The lowest BCUT2D eigenvalue weighted by Crippen LogP contribution is -2.14. The van der Waals surface area contributed by atoms with Crippen LogP contribution in [-0.2, 0) is 11.2 Å². The third-order valence-electron chi connectivity index (χ3n) is 2.34. The number of nitrogen functional groups attached to an aromatic ring is 1. The van der Waals surface area contributed by atoms with Gasteiger partial charge in [-0.25, -0.2) is 4.98 Å². The number of hydrogen-bond acceptors (Lipinski definition) is 6. The van der Waals surface area contributed by atoms with Crippen molar-refractivity contribution in [3.05, 3.63) is 43.9 Å². The van der Waals surface area contributed by atoms with Crippen LogP contribution in [0, 0.1) is 10.1 Å². The molecule has 0 spiro atoms. The fourth-order valence-electron chi connectivity index (χ4n) is 1.50. The Morgan fingerprint density at radius 2 is 2.30 bits per heavy atom. The van der Waals surface area contributed by atoms with E-state index in [1.54, 1.807) is 11.4 Å². The number of nitro groups is 1. The molecule has 20 heavy (non-hydrogen) atoms. The lowest BCUT2D eigenvalue weighted by atomic mass is 10.2. The van der Waals surface area contributed by atoms with Crippen LogP contribution in [0.15, 0.2) is 28.1 Å². The maximum Gasteiger partial charge on any atom is 0.285 e. The van der Waals surface area contributed by atoms with Gasteiger partial charge < -0.3 is 11.1 Å². The zero-order valence-corrected chi connectivity index (χ0v) is 12.4. The molecule has 0 atom stereocenters. The van der Waals surface area contributed by atoms with Gasteiger partial charge >= 0.3 is 0 Å². The smallest absolute Gasteiger partial charge is 0.285 e. The number of carbonyl (C=O) groups is 1. The molecule has 0 saturated carbocycles. The lowest BCUT2D eigenvalue weighted by Gasteiger charge is -2.04. The summed E-state index contributed by atoms with van der Waals surface area (Å²) in [6, 6.07) is 4.37. The van der Waals surface area contributed by atoms with E-state index >= 15 is 0 Å². The number of amides is 1. The molecule has 104 valence electrons. The molecule has 0 unspecified atom stereocenters. The van der Waals surface area contributed by atoms with Gasteiger partial charge in [-0.3, -0.25) is 14.9 Å². The Balaban J connectivity index is 2.08. The van der Waals surface area contributed by atoms with E-state index in [1.165, 1.54) is 23.5 Å². The fraction of sp³-hybridized carbons (Fsp3) is 0.0909. The molecule has 1 aromatic heterocycles. The topological polar surface area (TPSA) is 111 Å². The molecule has 1 heterocycles. The van der Waals surface area contributed by atoms with Crippen LogP contribution in [-0.4, -0.2) is 15.8 Å². The molecule has 0 saturated heterocycles. The summed E-state index contributed by atoms with van der Waals surface area (Å²) in [4.78, 5) is 26.0. The maximum atomic E-state index is 11.8. The Kier molecular flexibility index (Phi) is 4.30. The quantitative estimate of drug-likeness (QED) is 0.645. The number of rotatable bonds is 4. The van der Waals surface area contributed by atoms with E-state index in [0.717, 1.165) is 0 Å². The van der Waals surface area contributed by atoms with Gasteiger partial charge in [0.15, 0.2) is 5.13 Å². The summed E-state index contributed by atoms with van der Waals surface area (Å²) >= 11 is 4.33. The van der Waals surface area contributed by atoms with Crippen LogP contribution in [0.25, 0.3) is 0 Å². The standard InChI is InChI=1S/C11H9BrN4O3S/c12-8-2-1-6(3-9(8)16(18)19)14-10(17)4-7-5-20-11(13)15-7/h1-3,5H,4H2,(H2,13,15)(H,14,17). The molecule has 0 aliphatic heterocycles. The van der Waals surface area contributed by atoms with Crippen LogP contribution in [0.2, 0.25) is 0 Å². The predicted octanol–water partition coefficient (Wildman–Crippen LogP) is 2.58. The normalized spacial score (nSPS) is 10.2. The molecule has 7 nitrogen and oxygen atoms in total. The first-order valence-corrected chi connectivity index (χ1v) is 7.06. The van der Waals surface area contributed by atoms with Crippen molar-refractivity contribution >= 4 is 49.7 Å². The van der Waals surface area contributed by atoms with Gasteiger partial charge in [0.1, 0.15) is 0 Å². The van der Waals surface area contributed by atoms with Crippen molar-refractivity contribution in [1.29, 1.82) is 0 Å². The molecular formula is C11H9BrN4O3S. The van der Waals surface area contributed by atoms with Crippen molar-refractivity contribution in [1.82, 2.24) is 4.98 Å². The highest BCUT2D eigenvalue weighted by molar-refractivity contribution is 9.10. The highest BCUT2D eigenvalue weighted by Gasteiger charge is 2.14. The van der Waals surface area contributed by atoms with Crippen molar-refractivity contribution in [3.63, 3.8) is 0 Å². The first-order chi connectivity index (χ1) is 9.45. The van der Waals surface area contributed by atoms with Gasteiger partial charge in [0.25, 0.3) is 5.69 Å². The van der Waals surface area contributed by atoms with Crippen molar-refractivity contribution < 1.29 is 9.72 Å². The molecule has 1 amide bonds. The molecule has 3 N–H and O–H groups in total. The maximum absolute atomic E-state index is 11.8. The van der Waals surface area contributed by atoms with E-state index < -0.39 is 4.92 Å². The Morgan fingerprint density at radius 1 is 1.55 bits per heavy atom. The Labute approximate surface area is 126 Å². The van der Waals surface area contributed by atoms with E-state index in [-0.39, 0.29) is 18.0 Å². The number of halogens is 1.